The molecule has 202 valence electrons. The molecule has 0 unspecified atom stereocenters. The topological polar surface area (TPSA) is 102 Å². The molecule has 3 aliphatic heterocycles. The number of hydrogen-bond acceptors (Lipinski definition) is 6. The highest BCUT2D eigenvalue weighted by Crippen LogP contribution is 2.38. The van der Waals surface area contributed by atoms with Crippen LogP contribution in [0.4, 0.5) is 21.9 Å². The molecule has 0 bridgehead atoms. The number of carbonyl (C=O) groups excluding carboxylic acids is 3. The average Bonchev–Trinajstić information content (AvgIpc) is 2.97. The Morgan fingerprint density at radius 2 is 1.69 bits per heavy atom. The summed E-state index contributed by atoms with van der Waals surface area (Å²) in [5.74, 6) is -0.00264. The Labute approximate surface area is 228 Å². The van der Waals surface area contributed by atoms with Gasteiger partial charge in [-0.1, -0.05) is 24.1 Å². The number of fused-ring (bicyclic) bond motifs is 1. The van der Waals surface area contributed by atoms with Crippen molar-refractivity contribution in [2.24, 2.45) is 5.92 Å². The van der Waals surface area contributed by atoms with Gasteiger partial charge in [-0.15, -0.1) is 6.42 Å². The number of likely N-dealkylation sites (tertiary alicyclic amines) is 1. The molecule has 0 radical (unpaired) electrons. The minimum absolute atomic E-state index is 0.0810. The number of anilines is 3. The van der Waals surface area contributed by atoms with E-state index >= 15 is 0 Å². The van der Waals surface area contributed by atoms with Crippen molar-refractivity contribution in [1.29, 1.82) is 0 Å². The highest BCUT2D eigenvalue weighted by molar-refractivity contribution is 6.28. The average molecular weight is 529 g/mol. The molecule has 9 heteroatoms. The van der Waals surface area contributed by atoms with Crippen LogP contribution in [0.1, 0.15) is 25.7 Å². The fourth-order valence-corrected chi connectivity index (χ4v) is 5.66. The van der Waals surface area contributed by atoms with Gasteiger partial charge in [0.25, 0.3) is 11.8 Å². The molecular formula is C30H32N4O5. The largest absolute Gasteiger partial charge is 0.511 e. The zero-order chi connectivity index (χ0) is 27.4. The Hall–Kier alpha value is -4.45. The number of nitrogens with one attached hydrogen (secondary N) is 1. The number of terminal acetylenes is 1. The van der Waals surface area contributed by atoms with Gasteiger partial charge in [-0.2, -0.15) is 0 Å². The van der Waals surface area contributed by atoms with Crippen molar-refractivity contribution in [3.05, 3.63) is 65.9 Å². The molecule has 0 saturated carbocycles. The molecule has 2 saturated heterocycles. The van der Waals surface area contributed by atoms with Gasteiger partial charge in [0.1, 0.15) is 11.3 Å². The summed E-state index contributed by atoms with van der Waals surface area (Å²) < 4.78 is 5.09. The molecule has 3 amide bonds. The number of aliphatic hydroxyl groups is 1. The molecule has 5 rings (SSSR count). The van der Waals surface area contributed by atoms with Gasteiger partial charge in [0.05, 0.1) is 12.0 Å². The fourth-order valence-electron chi connectivity index (χ4n) is 5.66. The smallest absolute Gasteiger partial charge is 0.410 e. The Morgan fingerprint density at radius 1 is 1.00 bits per heavy atom. The van der Waals surface area contributed by atoms with Crippen LogP contribution in [0.3, 0.4) is 0 Å². The van der Waals surface area contributed by atoms with Crippen molar-refractivity contribution in [2.75, 3.05) is 47.9 Å². The molecule has 3 aliphatic rings. The van der Waals surface area contributed by atoms with E-state index in [4.69, 9.17) is 11.2 Å². The van der Waals surface area contributed by atoms with Gasteiger partial charge in [-0.05, 0) is 62.1 Å². The van der Waals surface area contributed by atoms with E-state index in [0.29, 0.717) is 24.3 Å². The van der Waals surface area contributed by atoms with E-state index in [1.807, 2.05) is 30.3 Å². The normalized spacial score (nSPS) is 21.2. The lowest BCUT2D eigenvalue weighted by atomic mass is 9.82. The van der Waals surface area contributed by atoms with E-state index in [1.165, 1.54) is 11.3 Å². The van der Waals surface area contributed by atoms with Crippen molar-refractivity contribution in [3.63, 3.8) is 0 Å². The third-order valence-electron chi connectivity index (χ3n) is 7.59. The Balaban J connectivity index is 1.47. The number of hydrogen-bond donors (Lipinski definition) is 2. The summed E-state index contributed by atoms with van der Waals surface area (Å²) in [5, 5.41) is 14.0. The van der Waals surface area contributed by atoms with Crippen LogP contribution >= 0.6 is 0 Å². The first-order chi connectivity index (χ1) is 19.0. The van der Waals surface area contributed by atoms with E-state index in [-0.39, 0.29) is 24.5 Å². The minimum Gasteiger partial charge on any atom is -0.511 e. The molecule has 0 aromatic heterocycles. The number of benzene rings is 2. The molecule has 0 aliphatic carbocycles. The lowest BCUT2D eigenvalue weighted by Gasteiger charge is -2.46. The zero-order valence-electron chi connectivity index (χ0n) is 21.7. The van der Waals surface area contributed by atoms with Crippen LogP contribution in [-0.4, -0.2) is 66.7 Å². The molecule has 2 fully saturated rings. The first-order valence-corrected chi connectivity index (χ1v) is 13.3. The predicted octanol–water partition coefficient (Wildman–Crippen LogP) is 3.93. The van der Waals surface area contributed by atoms with Crippen molar-refractivity contribution in [2.45, 2.75) is 31.7 Å². The molecule has 2 N–H and O–H groups in total. The van der Waals surface area contributed by atoms with Gasteiger partial charge in [0, 0.05) is 43.2 Å². The van der Waals surface area contributed by atoms with E-state index in [0.717, 1.165) is 31.6 Å². The molecule has 3 heterocycles. The monoisotopic (exact) mass is 528 g/mol. The van der Waals surface area contributed by atoms with Crippen molar-refractivity contribution >= 4 is 35.0 Å². The summed E-state index contributed by atoms with van der Waals surface area (Å²) in [4.78, 5) is 45.1. The quantitative estimate of drug-likeness (QED) is 0.450. The Kier molecular flexibility index (Phi) is 7.73. The van der Waals surface area contributed by atoms with E-state index in [2.05, 4.69) is 16.1 Å². The Bertz CT molecular complexity index is 1290. The summed E-state index contributed by atoms with van der Waals surface area (Å²) in [5.41, 5.74) is 1.89. The predicted molar refractivity (Wildman–Crippen MR) is 148 cm³/mol. The van der Waals surface area contributed by atoms with Crippen LogP contribution in [0.25, 0.3) is 0 Å². The minimum atomic E-state index is -0.705. The maximum atomic E-state index is 13.9. The summed E-state index contributed by atoms with van der Waals surface area (Å²) in [6.45, 7) is 2.23. The van der Waals surface area contributed by atoms with Gasteiger partial charge in [0.15, 0.2) is 6.61 Å². The number of aliphatic hydroxyl groups excluding tert-OH is 1. The van der Waals surface area contributed by atoms with E-state index in [1.54, 1.807) is 29.2 Å². The molecule has 39 heavy (non-hydrogen) atoms. The van der Waals surface area contributed by atoms with Crippen LogP contribution in [-0.2, 0) is 14.3 Å². The summed E-state index contributed by atoms with van der Waals surface area (Å²) in [6.07, 6.45) is 8.56. The van der Waals surface area contributed by atoms with E-state index in [9.17, 15) is 19.5 Å². The number of piperidine rings is 2. The molecule has 9 nitrogen and oxygen atoms in total. The van der Waals surface area contributed by atoms with Gasteiger partial charge < -0.3 is 29.9 Å². The van der Waals surface area contributed by atoms with E-state index < -0.39 is 29.9 Å². The van der Waals surface area contributed by atoms with Crippen LogP contribution in [0.5, 0.6) is 0 Å². The van der Waals surface area contributed by atoms with Crippen LogP contribution in [0.2, 0.25) is 0 Å². The third-order valence-corrected chi connectivity index (χ3v) is 7.59. The molecule has 2 aromatic rings. The zero-order valence-corrected chi connectivity index (χ0v) is 21.7. The highest BCUT2D eigenvalue weighted by atomic mass is 16.6. The number of ether oxygens (including phenoxy) is 1. The van der Waals surface area contributed by atoms with Crippen LogP contribution < -0.4 is 15.1 Å². The van der Waals surface area contributed by atoms with Gasteiger partial charge in [-0.3, -0.25) is 9.59 Å². The van der Waals surface area contributed by atoms with Crippen LogP contribution in [0.15, 0.2) is 65.9 Å². The second-order valence-corrected chi connectivity index (χ2v) is 9.99. The summed E-state index contributed by atoms with van der Waals surface area (Å²) in [6, 6.07) is 16.1. The molecular weight excluding hydrogens is 496 g/mol. The standard InChI is InChI=1S/C30H32N4O5/c1-2-19-39-30(38)33-18-15-25-24(20-33)27(35)26(28(36)31-21-9-5-3-6-10-21)29(37)34(25)23-13-11-22(12-14-23)32-16-7-4-8-17-32/h1,3,5-6,9-14,24-25,35H,4,7-8,15-20H2,(H,31,36)/t24-,25-/m0/s1. The SMILES string of the molecule is C#CCOC(=O)N1CC[C@H]2[C@H](C1)C(O)=C(C(=O)Nc1ccccc1)C(=O)N2c1ccc(N2CCCCC2)cc1. The summed E-state index contributed by atoms with van der Waals surface area (Å²) >= 11 is 0. The first-order valence-electron chi connectivity index (χ1n) is 13.3. The third kappa shape index (κ3) is 5.41. The molecule has 2 atom stereocenters. The fraction of sp³-hybridized carbons (Fsp3) is 0.367. The Morgan fingerprint density at radius 3 is 2.38 bits per heavy atom. The maximum Gasteiger partial charge on any atom is 0.410 e. The second-order valence-electron chi connectivity index (χ2n) is 9.99. The van der Waals surface area contributed by atoms with Gasteiger partial charge >= 0.3 is 6.09 Å². The lowest BCUT2D eigenvalue weighted by Crippen LogP contribution is -2.59. The molecule has 0 spiro atoms. The summed E-state index contributed by atoms with van der Waals surface area (Å²) in [7, 11) is 0. The van der Waals surface area contributed by atoms with Crippen molar-refractivity contribution < 1.29 is 24.2 Å². The first kappa shape index (κ1) is 26.2. The lowest BCUT2D eigenvalue weighted by molar-refractivity contribution is -0.121. The second kappa shape index (κ2) is 11.5. The van der Waals surface area contributed by atoms with Gasteiger partial charge in [0.2, 0.25) is 0 Å². The number of rotatable bonds is 5. The maximum absolute atomic E-state index is 13.9. The van der Waals surface area contributed by atoms with Crippen molar-refractivity contribution in [1.82, 2.24) is 4.90 Å². The number of amides is 3. The number of para-hydroxylation sites is 1. The van der Waals surface area contributed by atoms with Crippen molar-refractivity contribution in [3.8, 4) is 12.3 Å². The highest BCUT2D eigenvalue weighted by Gasteiger charge is 2.48. The number of nitrogens with zero attached hydrogens (tertiary/aromatic N) is 3. The van der Waals surface area contributed by atoms with Gasteiger partial charge in [-0.25, -0.2) is 4.79 Å². The number of carbonyl (C=O) groups is 3. The van der Waals surface area contributed by atoms with Crippen LogP contribution in [0, 0.1) is 18.3 Å². The molecule has 2 aromatic carbocycles.